The van der Waals surface area contributed by atoms with Gasteiger partial charge in [0.1, 0.15) is 5.38 Å². The van der Waals surface area contributed by atoms with Crippen molar-refractivity contribution in [2.45, 2.75) is 25.1 Å². The zero-order valence-corrected chi connectivity index (χ0v) is 9.22. The molecule has 2 aliphatic rings. The van der Waals surface area contributed by atoms with Crippen LogP contribution in [0, 0.1) is 5.41 Å². The highest BCUT2D eigenvalue weighted by atomic mass is 35.5. The van der Waals surface area contributed by atoms with E-state index >= 15 is 0 Å². The van der Waals surface area contributed by atoms with Gasteiger partial charge < -0.3 is 9.64 Å². The van der Waals surface area contributed by atoms with Crippen LogP contribution in [-0.4, -0.2) is 42.5 Å². The zero-order chi connectivity index (χ0) is 10.2. The molecule has 0 aromatic rings. The molecule has 3 nitrogen and oxygen atoms in total. The molecule has 0 aromatic heterocycles. The summed E-state index contributed by atoms with van der Waals surface area (Å²) in [6.07, 6.45) is 2.14. The highest BCUT2D eigenvalue weighted by molar-refractivity contribution is 6.30. The van der Waals surface area contributed by atoms with Gasteiger partial charge in [0.2, 0.25) is 5.91 Å². The number of amides is 1. The van der Waals surface area contributed by atoms with E-state index in [4.69, 9.17) is 16.3 Å². The highest BCUT2D eigenvalue weighted by Gasteiger charge is 2.42. The first-order valence-electron chi connectivity index (χ1n) is 5.14. The smallest absolute Gasteiger partial charge is 0.240 e. The third-order valence-electron chi connectivity index (χ3n) is 3.29. The maximum absolute atomic E-state index is 11.6. The zero-order valence-electron chi connectivity index (χ0n) is 8.46. The molecule has 0 aliphatic carbocycles. The third-order valence-corrected chi connectivity index (χ3v) is 3.48. The number of likely N-dealkylation sites (tertiary alicyclic amines) is 1. The van der Waals surface area contributed by atoms with Gasteiger partial charge in [0.05, 0.1) is 13.2 Å². The van der Waals surface area contributed by atoms with Crippen LogP contribution in [0.4, 0.5) is 0 Å². The fraction of sp³-hybridized carbons (Fsp3) is 0.900. The van der Waals surface area contributed by atoms with Crippen molar-refractivity contribution in [1.82, 2.24) is 4.90 Å². The molecule has 1 atom stereocenters. The summed E-state index contributed by atoms with van der Waals surface area (Å²) >= 11 is 5.76. The molecule has 0 radical (unpaired) electrons. The maximum atomic E-state index is 11.6. The molecule has 1 spiro atoms. The number of rotatable bonds is 1. The van der Waals surface area contributed by atoms with Crippen molar-refractivity contribution in [1.29, 1.82) is 0 Å². The van der Waals surface area contributed by atoms with E-state index in [-0.39, 0.29) is 11.3 Å². The second-order valence-electron chi connectivity index (χ2n) is 4.43. The average molecular weight is 218 g/mol. The van der Waals surface area contributed by atoms with Crippen molar-refractivity contribution >= 4 is 17.5 Å². The monoisotopic (exact) mass is 217 g/mol. The fourth-order valence-electron chi connectivity index (χ4n) is 2.13. The van der Waals surface area contributed by atoms with Crippen LogP contribution in [0.3, 0.4) is 0 Å². The summed E-state index contributed by atoms with van der Waals surface area (Å²) in [5.41, 5.74) is 0.395. The van der Waals surface area contributed by atoms with Gasteiger partial charge in [0, 0.05) is 18.5 Å². The van der Waals surface area contributed by atoms with Gasteiger partial charge in [0.15, 0.2) is 0 Å². The lowest BCUT2D eigenvalue weighted by molar-refractivity contribution is -0.152. The second-order valence-corrected chi connectivity index (χ2v) is 5.09. The number of carbonyl (C=O) groups excluding carboxylic acids is 1. The van der Waals surface area contributed by atoms with Gasteiger partial charge in [0.25, 0.3) is 0 Å². The Kier molecular flexibility index (Phi) is 2.71. The summed E-state index contributed by atoms with van der Waals surface area (Å²) in [7, 11) is 0. The molecule has 80 valence electrons. The van der Waals surface area contributed by atoms with Gasteiger partial charge in [-0.25, -0.2) is 0 Å². The molecule has 2 heterocycles. The van der Waals surface area contributed by atoms with E-state index in [1.807, 2.05) is 4.90 Å². The highest BCUT2D eigenvalue weighted by Crippen LogP contribution is 2.38. The van der Waals surface area contributed by atoms with Crippen LogP contribution < -0.4 is 0 Å². The van der Waals surface area contributed by atoms with Crippen LogP contribution in [0.5, 0.6) is 0 Å². The van der Waals surface area contributed by atoms with Crippen LogP contribution in [0.25, 0.3) is 0 Å². The molecular weight excluding hydrogens is 202 g/mol. The Balaban J connectivity index is 1.86. The maximum Gasteiger partial charge on any atom is 0.240 e. The van der Waals surface area contributed by atoms with E-state index in [0.29, 0.717) is 5.41 Å². The number of hydrogen-bond acceptors (Lipinski definition) is 2. The molecule has 1 amide bonds. The first-order valence-corrected chi connectivity index (χ1v) is 5.57. The van der Waals surface area contributed by atoms with Crippen molar-refractivity contribution in [3.63, 3.8) is 0 Å². The molecular formula is C10H16ClNO2. The van der Waals surface area contributed by atoms with E-state index in [2.05, 4.69) is 0 Å². The first kappa shape index (κ1) is 10.2. The summed E-state index contributed by atoms with van der Waals surface area (Å²) in [5.74, 6) is 0.0711. The number of alkyl halides is 1. The van der Waals surface area contributed by atoms with E-state index < -0.39 is 0 Å². The van der Waals surface area contributed by atoms with Gasteiger partial charge in [-0.3, -0.25) is 4.79 Å². The van der Waals surface area contributed by atoms with Crippen molar-refractivity contribution in [2.24, 2.45) is 5.41 Å². The Bertz CT molecular complexity index is 228. The number of ether oxygens (including phenoxy) is 1. The SMILES string of the molecule is C[C@@H](Cl)C(=O)N1CCC2(CC1)COC2. The van der Waals surface area contributed by atoms with Crippen molar-refractivity contribution in [3.8, 4) is 0 Å². The number of nitrogens with zero attached hydrogens (tertiary/aromatic N) is 1. The standard InChI is InChI=1S/C10H16ClNO2/c1-8(11)9(13)12-4-2-10(3-5-12)6-14-7-10/h8H,2-7H2,1H3/t8-/m1/s1. The van der Waals surface area contributed by atoms with Gasteiger partial charge in [-0.2, -0.15) is 0 Å². The molecule has 2 saturated heterocycles. The largest absolute Gasteiger partial charge is 0.380 e. The van der Waals surface area contributed by atoms with Gasteiger partial charge in [-0.15, -0.1) is 11.6 Å². The van der Waals surface area contributed by atoms with E-state index in [1.165, 1.54) is 0 Å². The lowest BCUT2D eigenvalue weighted by atomic mass is 9.77. The molecule has 2 rings (SSSR count). The predicted molar refractivity (Wildman–Crippen MR) is 54.4 cm³/mol. The molecule has 2 fully saturated rings. The Morgan fingerprint density at radius 1 is 1.43 bits per heavy atom. The van der Waals surface area contributed by atoms with E-state index in [0.717, 1.165) is 39.1 Å². The quantitative estimate of drug-likeness (QED) is 0.619. The van der Waals surface area contributed by atoms with Crippen molar-refractivity contribution in [2.75, 3.05) is 26.3 Å². The Morgan fingerprint density at radius 2 is 2.00 bits per heavy atom. The predicted octanol–water partition coefficient (Wildman–Crippen LogP) is 1.25. The molecule has 4 heteroatoms. The van der Waals surface area contributed by atoms with Crippen LogP contribution in [0.15, 0.2) is 0 Å². The molecule has 0 saturated carbocycles. The summed E-state index contributed by atoms with van der Waals surface area (Å²) in [5, 5.41) is -0.387. The third kappa shape index (κ3) is 1.75. The minimum absolute atomic E-state index is 0.0711. The molecule has 0 aromatic carbocycles. The van der Waals surface area contributed by atoms with Gasteiger partial charge in [-0.05, 0) is 19.8 Å². The van der Waals surface area contributed by atoms with Crippen LogP contribution in [0.1, 0.15) is 19.8 Å². The summed E-state index contributed by atoms with van der Waals surface area (Å²) in [6.45, 7) is 5.19. The normalized spacial score (nSPS) is 27.1. The van der Waals surface area contributed by atoms with Gasteiger partial charge in [-0.1, -0.05) is 0 Å². The topological polar surface area (TPSA) is 29.5 Å². The Hall–Kier alpha value is -0.280. The number of carbonyl (C=O) groups is 1. The average Bonchev–Trinajstić information content (AvgIpc) is 2.14. The van der Waals surface area contributed by atoms with Crippen molar-refractivity contribution < 1.29 is 9.53 Å². The Labute approximate surface area is 89.4 Å². The van der Waals surface area contributed by atoms with Gasteiger partial charge >= 0.3 is 0 Å². The molecule has 2 aliphatic heterocycles. The van der Waals surface area contributed by atoms with Crippen LogP contribution in [0.2, 0.25) is 0 Å². The van der Waals surface area contributed by atoms with Crippen molar-refractivity contribution in [3.05, 3.63) is 0 Å². The van der Waals surface area contributed by atoms with E-state index in [9.17, 15) is 4.79 Å². The summed E-state index contributed by atoms with van der Waals surface area (Å²) in [4.78, 5) is 13.5. The minimum atomic E-state index is -0.387. The fourth-order valence-corrected chi connectivity index (χ4v) is 2.27. The summed E-state index contributed by atoms with van der Waals surface area (Å²) in [6, 6.07) is 0. The number of halogens is 1. The van der Waals surface area contributed by atoms with E-state index in [1.54, 1.807) is 6.92 Å². The molecule has 14 heavy (non-hydrogen) atoms. The molecule has 0 bridgehead atoms. The number of piperidine rings is 1. The second kappa shape index (κ2) is 3.70. The van der Waals surface area contributed by atoms with Crippen LogP contribution >= 0.6 is 11.6 Å². The number of hydrogen-bond donors (Lipinski definition) is 0. The molecule has 0 unspecified atom stereocenters. The lowest BCUT2D eigenvalue weighted by Gasteiger charge is -2.47. The Morgan fingerprint density at radius 3 is 2.36 bits per heavy atom. The first-order chi connectivity index (χ1) is 6.63. The minimum Gasteiger partial charge on any atom is -0.380 e. The van der Waals surface area contributed by atoms with Crippen LogP contribution in [-0.2, 0) is 9.53 Å². The lowest BCUT2D eigenvalue weighted by Crippen LogP contribution is -2.52. The molecule has 0 N–H and O–H groups in total. The summed E-state index contributed by atoms with van der Waals surface area (Å²) < 4.78 is 5.23.